The SMILES string of the molecule is COc1ccccc1NCC(O)c1cc(C)ccc1C. The minimum atomic E-state index is -0.542. The molecule has 0 spiro atoms. The molecule has 0 bridgehead atoms. The molecule has 20 heavy (non-hydrogen) atoms. The zero-order valence-corrected chi connectivity index (χ0v) is 12.2. The van der Waals surface area contributed by atoms with Gasteiger partial charge in [-0.3, -0.25) is 0 Å². The van der Waals surface area contributed by atoms with Crippen LogP contribution >= 0.6 is 0 Å². The third kappa shape index (κ3) is 3.31. The molecule has 0 amide bonds. The average Bonchev–Trinajstić information content (AvgIpc) is 2.47. The smallest absolute Gasteiger partial charge is 0.141 e. The van der Waals surface area contributed by atoms with E-state index < -0.39 is 6.10 Å². The van der Waals surface area contributed by atoms with Gasteiger partial charge in [0.05, 0.1) is 18.9 Å². The fourth-order valence-electron chi connectivity index (χ4n) is 2.23. The Kier molecular flexibility index (Phi) is 4.64. The molecule has 106 valence electrons. The number of hydrogen-bond donors (Lipinski definition) is 2. The van der Waals surface area contributed by atoms with Crippen LogP contribution in [0.25, 0.3) is 0 Å². The average molecular weight is 271 g/mol. The molecule has 3 heteroatoms. The van der Waals surface area contributed by atoms with Crippen LogP contribution in [0.1, 0.15) is 22.8 Å². The van der Waals surface area contributed by atoms with Crippen LogP contribution in [-0.4, -0.2) is 18.8 Å². The molecule has 3 nitrogen and oxygen atoms in total. The van der Waals surface area contributed by atoms with Gasteiger partial charge in [0.2, 0.25) is 0 Å². The lowest BCUT2D eigenvalue weighted by molar-refractivity contribution is 0.190. The van der Waals surface area contributed by atoms with E-state index in [1.165, 1.54) is 0 Å². The summed E-state index contributed by atoms with van der Waals surface area (Å²) in [5.41, 5.74) is 4.11. The summed E-state index contributed by atoms with van der Waals surface area (Å²) in [7, 11) is 1.64. The molecule has 1 unspecified atom stereocenters. The Morgan fingerprint density at radius 2 is 1.90 bits per heavy atom. The monoisotopic (exact) mass is 271 g/mol. The molecule has 0 saturated heterocycles. The van der Waals surface area contributed by atoms with Gasteiger partial charge in [-0.1, -0.05) is 35.9 Å². The Hall–Kier alpha value is -2.00. The van der Waals surface area contributed by atoms with E-state index in [0.29, 0.717) is 6.54 Å². The lowest BCUT2D eigenvalue weighted by atomic mass is 10.0. The van der Waals surface area contributed by atoms with Crippen molar-refractivity contribution in [2.75, 3.05) is 19.0 Å². The number of aryl methyl sites for hydroxylation is 2. The number of aliphatic hydroxyl groups excluding tert-OH is 1. The standard InChI is InChI=1S/C17H21NO2/c1-12-8-9-13(2)14(10-12)16(19)11-18-15-6-4-5-7-17(15)20-3/h4-10,16,18-19H,11H2,1-3H3. The summed E-state index contributed by atoms with van der Waals surface area (Å²) in [6, 6.07) is 13.8. The van der Waals surface area contributed by atoms with Gasteiger partial charge >= 0.3 is 0 Å². The van der Waals surface area contributed by atoms with Gasteiger partial charge in [-0.2, -0.15) is 0 Å². The van der Waals surface area contributed by atoms with Gasteiger partial charge in [-0.05, 0) is 37.1 Å². The van der Waals surface area contributed by atoms with Crippen LogP contribution in [0.3, 0.4) is 0 Å². The van der Waals surface area contributed by atoms with Crippen LogP contribution in [0, 0.1) is 13.8 Å². The highest BCUT2D eigenvalue weighted by Gasteiger charge is 2.11. The normalized spacial score (nSPS) is 12.0. The van der Waals surface area contributed by atoms with Crippen molar-refractivity contribution >= 4 is 5.69 Å². The third-order valence-electron chi connectivity index (χ3n) is 3.39. The largest absolute Gasteiger partial charge is 0.495 e. The lowest BCUT2D eigenvalue weighted by Crippen LogP contribution is -2.13. The Bertz CT molecular complexity index is 581. The molecule has 2 aromatic rings. The molecular formula is C17H21NO2. The van der Waals surface area contributed by atoms with Crippen molar-refractivity contribution in [3.05, 3.63) is 59.2 Å². The number of methoxy groups -OCH3 is 1. The second kappa shape index (κ2) is 6.44. The summed E-state index contributed by atoms with van der Waals surface area (Å²) < 4.78 is 5.28. The van der Waals surface area contributed by atoms with Crippen LogP contribution in [0.15, 0.2) is 42.5 Å². The third-order valence-corrected chi connectivity index (χ3v) is 3.39. The number of benzene rings is 2. The van der Waals surface area contributed by atoms with E-state index in [1.807, 2.05) is 50.2 Å². The summed E-state index contributed by atoms with van der Waals surface area (Å²) in [5, 5.41) is 13.6. The molecule has 0 aromatic heterocycles. The number of nitrogens with one attached hydrogen (secondary N) is 1. The molecule has 1 atom stereocenters. The van der Waals surface area contributed by atoms with E-state index in [9.17, 15) is 5.11 Å². The fraction of sp³-hybridized carbons (Fsp3) is 0.294. The topological polar surface area (TPSA) is 41.5 Å². The van der Waals surface area contributed by atoms with Crippen LogP contribution in [0.4, 0.5) is 5.69 Å². The number of anilines is 1. The maximum Gasteiger partial charge on any atom is 0.141 e. The van der Waals surface area contributed by atoms with E-state index in [1.54, 1.807) is 7.11 Å². The first-order valence-electron chi connectivity index (χ1n) is 6.74. The van der Waals surface area contributed by atoms with E-state index in [2.05, 4.69) is 11.4 Å². The van der Waals surface area contributed by atoms with Crippen molar-refractivity contribution in [2.45, 2.75) is 20.0 Å². The van der Waals surface area contributed by atoms with E-state index in [-0.39, 0.29) is 0 Å². The van der Waals surface area contributed by atoms with E-state index in [0.717, 1.165) is 28.1 Å². The Labute approximate surface area is 120 Å². The van der Waals surface area contributed by atoms with Crippen LogP contribution < -0.4 is 10.1 Å². The number of rotatable bonds is 5. The van der Waals surface area contributed by atoms with Gasteiger partial charge in [-0.15, -0.1) is 0 Å². The van der Waals surface area contributed by atoms with Gasteiger partial charge in [0.15, 0.2) is 0 Å². The highest BCUT2D eigenvalue weighted by atomic mass is 16.5. The molecule has 0 aliphatic carbocycles. The first-order chi connectivity index (χ1) is 9.61. The second-order valence-electron chi connectivity index (χ2n) is 4.96. The lowest BCUT2D eigenvalue weighted by Gasteiger charge is -2.17. The molecule has 0 aliphatic heterocycles. The Balaban J connectivity index is 2.08. The Morgan fingerprint density at radius 1 is 1.15 bits per heavy atom. The number of aliphatic hydroxyl groups is 1. The molecule has 0 radical (unpaired) electrons. The Morgan fingerprint density at radius 3 is 2.65 bits per heavy atom. The molecule has 0 saturated carbocycles. The van der Waals surface area contributed by atoms with Gasteiger partial charge < -0.3 is 15.2 Å². The first kappa shape index (κ1) is 14.4. The van der Waals surface area contributed by atoms with Crippen LogP contribution in [0.2, 0.25) is 0 Å². The molecule has 2 rings (SSSR count). The van der Waals surface area contributed by atoms with Crippen molar-refractivity contribution in [1.29, 1.82) is 0 Å². The quantitative estimate of drug-likeness (QED) is 0.875. The van der Waals surface area contributed by atoms with Gasteiger partial charge in [0.25, 0.3) is 0 Å². The summed E-state index contributed by atoms with van der Waals surface area (Å²) >= 11 is 0. The van der Waals surface area contributed by atoms with Crippen LogP contribution in [0.5, 0.6) is 5.75 Å². The van der Waals surface area contributed by atoms with Gasteiger partial charge in [-0.25, -0.2) is 0 Å². The zero-order valence-electron chi connectivity index (χ0n) is 12.2. The molecule has 2 N–H and O–H groups in total. The maximum atomic E-state index is 10.3. The van der Waals surface area contributed by atoms with E-state index in [4.69, 9.17) is 4.74 Å². The minimum Gasteiger partial charge on any atom is -0.495 e. The summed E-state index contributed by atoms with van der Waals surface area (Å²) in [4.78, 5) is 0. The van der Waals surface area contributed by atoms with Crippen molar-refractivity contribution in [3.8, 4) is 5.75 Å². The minimum absolute atomic E-state index is 0.449. The second-order valence-corrected chi connectivity index (χ2v) is 4.96. The molecule has 0 fully saturated rings. The predicted octanol–water partition coefficient (Wildman–Crippen LogP) is 3.46. The zero-order chi connectivity index (χ0) is 14.5. The van der Waals surface area contributed by atoms with Gasteiger partial charge in [0, 0.05) is 6.54 Å². The molecule has 0 aliphatic rings. The highest BCUT2D eigenvalue weighted by molar-refractivity contribution is 5.56. The number of ether oxygens (including phenoxy) is 1. The highest BCUT2D eigenvalue weighted by Crippen LogP contribution is 2.25. The summed E-state index contributed by atoms with van der Waals surface area (Å²) in [6.07, 6.45) is -0.542. The van der Waals surface area contributed by atoms with Gasteiger partial charge in [0.1, 0.15) is 5.75 Å². The van der Waals surface area contributed by atoms with Crippen molar-refractivity contribution in [1.82, 2.24) is 0 Å². The van der Waals surface area contributed by atoms with E-state index >= 15 is 0 Å². The summed E-state index contributed by atoms with van der Waals surface area (Å²) in [5.74, 6) is 0.778. The first-order valence-corrected chi connectivity index (χ1v) is 6.74. The van der Waals surface area contributed by atoms with Crippen molar-refractivity contribution in [2.24, 2.45) is 0 Å². The number of para-hydroxylation sites is 2. The molecule has 0 heterocycles. The maximum absolute atomic E-state index is 10.3. The fourth-order valence-corrected chi connectivity index (χ4v) is 2.23. The predicted molar refractivity (Wildman–Crippen MR) is 82.4 cm³/mol. The molecule has 2 aromatic carbocycles. The van der Waals surface area contributed by atoms with Crippen molar-refractivity contribution in [3.63, 3.8) is 0 Å². The summed E-state index contributed by atoms with van der Waals surface area (Å²) in [6.45, 7) is 4.50. The van der Waals surface area contributed by atoms with Crippen LogP contribution in [-0.2, 0) is 0 Å². The number of hydrogen-bond acceptors (Lipinski definition) is 3. The van der Waals surface area contributed by atoms with Crippen molar-refractivity contribution < 1.29 is 9.84 Å². The molecular weight excluding hydrogens is 250 g/mol.